The Labute approximate surface area is 136 Å². The fraction of sp³-hybridized carbons (Fsp3) is 0.471. The predicted octanol–water partition coefficient (Wildman–Crippen LogP) is 2.35. The van der Waals surface area contributed by atoms with Gasteiger partial charge in [-0.15, -0.1) is 0 Å². The summed E-state index contributed by atoms with van der Waals surface area (Å²) in [6, 6.07) is 6.80. The smallest absolute Gasteiger partial charge is 0.207 e. The molecule has 0 amide bonds. The van der Waals surface area contributed by atoms with Gasteiger partial charge in [0.25, 0.3) is 0 Å². The first kappa shape index (κ1) is 16.8. The minimum atomic E-state index is -0.843. The first-order valence-electron chi connectivity index (χ1n) is 7.45. The second-order valence-electron chi connectivity index (χ2n) is 6.05. The number of rotatable bonds is 2. The number of hydrogen-bond donors (Lipinski definition) is 1. The van der Waals surface area contributed by atoms with Crippen LogP contribution in [0.3, 0.4) is 0 Å². The van der Waals surface area contributed by atoms with E-state index in [0.717, 1.165) is 5.56 Å². The number of hydrogen-bond acceptors (Lipinski definition) is 5. The molecular formula is C17H20N4O2. The van der Waals surface area contributed by atoms with Crippen LogP contribution in [0.15, 0.2) is 23.2 Å². The van der Waals surface area contributed by atoms with E-state index in [4.69, 9.17) is 15.3 Å². The second kappa shape index (κ2) is 6.28. The van der Waals surface area contributed by atoms with E-state index in [9.17, 15) is 5.11 Å². The van der Waals surface area contributed by atoms with E-state index in [1.165, 1.54) is 0 Å². The SMILES string of the molecule is CCC(=NC#N)N(C)C1c2cc(C#N)ccc2OC(C)(C)C1O. The number of nitriles is 2. The lowest BCUT2D eigenvalue weighted by atomic mass is 9.85. The number of aliphatic hydroxyl groups is 1. The molecule has 1 aliphatic heterocycles. The molecule has 0 saturated carbocycles. The minimum absolute atomic E-state index is 0.450. The Hall–Kier alpha value is -2.57. The Morgan fingerprint density at radius 3 is 2.70 bits per heavy atom. The summed E-state index contributed by atoms with van der Waals surface area (Å²) in [5.74, 6) is 1.20. The van der Waals surface area contributed by atoms with Gasteiger partial charge in [-0.3, -0.25) is 0 Å². The zero-order valence-electron chi connectivity index (χ0n) is 13.7. The number of aliphatic hydroxyl groups excluding tert-OH is 1. The van der Waals surface area contributed by atoms with Crippen molar-refractivity contribution < 1.29 is 9.84 Å². The number of benzene rings is 1. The first-order chi connectivity index (χ1) is 10.9. The molecule has 0 radical (unpaired) electrons. The van der Waals surface area contributed by atoms with Gasteiger partial charge in [0.15, 0.2) is 0 Å². The van der Waals surface area contributed by atoms with E-state index in [1.54, 1.807) is 36.3 Å². The molecule has 120 valence electrons. The topological polar surface area (TPSA) is 92.6 Å². The largest absolute Gasteiger partial charge is 0.485 e. The lowest BCUT2D eigenvalue weighted by Crippen LogP contribution is -2.53. The molecule has 6 nitrogen and oxygen atoms in total. The van der Waals surface area contributed by atoms with Crippen LogP contribution < -0.4 is 4.74 Å². The molecule has 6 heteroatoms. The Morgan fingerprint density at radius 1 is 1.43 bits per heavy atom. The van der Waals surface area contributed by atoms with Gasteiger partial charge < -0.3 is 14.7 Å². The normalized spacial score (nSPS) is 22.3. The second-order valence-corrected chi connectivity index (χ2v) is 6.05. The third-order valence-corrected chi connectivity index (χ3v) is 4.16. The monoisotopic (exact) mass is 312 g/mol. The molecule has 1 aliphatic rings. The van der Waals surface area contributed by atoms with E-state index in [2.05, 4.69) is 11.1 Å². The third-order valence-electron chi connectivity index (χ3n) is 4.16. The highest BCUT2D eigenvalue weighted by atomic mass is 16.5. The number of nitrogens with zero attached hydrogens (tertiary/aromatic N) is 4. The molecule has 0 spiro atoms. The van der Waals surface area contributed by atoms with Crippen LogP contribution >= 0.6 is 0 Å². The lowest BCUT2D eigenvalue weighted by Gasteiger charge is -2.46. The van der Waals surface area contributed by atoms with Gasteiger partial charge in [0.2, 0.25) is 6.19 Å². The van der Waals surface area contributed by atoms with E-state index in [0.29, 0.717) is 23.6 Å². The van der Waals surface area contributed by atoms with Crippen LogP contribution in [-0.4, -0.2) is 34.6 Å². The van der Waals surface area contributed by atoms with Gasteiger partial charge in [-0.2, -0.15) is 15.5 Å². The Balaban J connectivity index is 2.59. The van der Waals surface area contributed by atoms with Crippen LogP contribution in [0.4, 0.5) is 0 Å². The van der Waals surface area contributed by atoms with Crippen LogP contribution in [0.1, 0.15) is 44.4 Å². The van der Waals surface area contributed by atoms with Crippen molar-refractivity contribution in [1.29, 1.82) is 10.5 Å². The van der Waals surface area contributed by atoms with Gasteiger partial charge in [-0.1, -0.05) is 6.92 Å². The molecular weight excluding hydrogens is 292 g/mol. The maximum absolute atomic E-state index is 10.8. The molecule has 0 bridgehead atoms. The van der Waals surface area contributed by atoms with Crippen LogP contribution in [0.25, 0.3) is 0 Å². The Kier molecular flexibility index (Phi) is 4.58. The van der Waals surface area contributed by atoms with Crippen molar-refractivity contribution in [3.8, 4) is 18.0 Å². The highest BCUT2D eigenvalue weighted by Crippen LogP contribution is 2.43. The molecule has 0 aliphatic carbocycles. The average molecular weight is 312 g/mol. The van der Waals surface area contributed by atoms with Crippen molar-refractivity contribution >= 4 is 5.84 Å². The molecule has 2 atom stereocenters. The van der Waals surface area contributed by atoms with Gasteiger partial charge in [-0.05, 0) is 32.0 Å². The molecule has 0 fully saturated rings. The van der Waals surface area contributed by atoms with Gasteiger partial charge in [0.05, 0.1) is 17.7 Å². The number of fused-ring (bicyclic) bond motifs is 1. The molecule has 2 rings (SSSR count). The molecule has 0 aromatic heterocycles. The molecule has 1 aromatic rings. The summed E-state index contributed by atoms with van der Waals surface area (Å²) >= 11 is 0. The highest BCUT2D eigenvalue weighted by molar-refractivity contribution is 5.83. The van der Waals surface area contributed by atoms with E-state index >= 15 is 0 Å². The van der Waals surface area contributed by atoms with Gasteiger partial charge in [-0.25, -0.2) is 0 Å². The van der Waals surface area contributed by atoms with Crippen molar-refractivity contribution in [2.24, 2.45) is 4.99 Å². The number of amidine groups is 1. The summed E-state index contributed by atoms with van der Waals surface area (Å²) in [7, 11) is 1.79. The standard InChI is InChI=1S/C17H20N4O2/c1-5-14(20-10-19)21(4)15-12-8-11(9-18)6-7-13(12)23-17(2,3)16(15)22/h6-8,15-16,22H,5H2,1-4H3. The van der Waals surface area contributed by atoms with Gasteiger partial charge >= 0.3 is 0 Å². The lowest BCUT2D eigenvalue weighted by molar-refractivity contribution is -0.0786. The van der Waals surface area contributed by atoms with E-state index in [1.807, 2.05) is 20.8 Å². The summed E-state index contributed by atoms with van der Waals surface area (Å²) in [4.78, 5) is 5.64. The van der Waals surface area contributed by atoms with Crippen LogP contribution in [0, 0.1) is 22.8 Å². The summed E-state index contributed by atoms with van der Waals surface area (Å²) in [6.45, 7) is 5.52. The predicted molar refractivity (Wildman–Crippen MR) is 85.7 cm³/mol. The number of ether oxygens (including phenoxy) is 1. The molecule has 23 heavy (non-hydrogen) atoms. The number of aliphatic imine (C=N–C) groups is 1. The summed E-state index contributed by atoms with van der Waals surface area (Å²) in [6.07, 6.45) is 1.52. The van der Waals surface area contributed by atoms with E-state index < -0.39 is 17.7 Å². The maximum Gasteiger partial charge on any atom is 0.207 e. The first-order valence-corrected chi connectivity index (χ1v) is 7.45. The van der Waals surface area contributed by atoms with Gasteiger partial charge in [0.1, 0.15) is 23.3 Å². The van der Waals surface area contributed by atoms with Crippen molar-refractivity contribution in [3.63, 3.8) is 0 Å². The minimum Gasteiger partial charge on any atom is -0.485 e. The van der Waals surface area contributed by atoms with Crippen LogP contribution in [-0.2, 0) is 0 Å². The maximum atomic E-state index is 10.8. The van der Waals surface area contributed by atoms with Crippen molar-refractivity contribution in [2.75, 3.05) is 7.05 Å². The van der Waals surface area contributed by atoms with E-state index in [-0.39, 0.29) is 0 Å². The Bertz CT molecular complexity index is 712. The zero-order chi connectivity index (χ0) is 17.2. The number of likely N-dealkylation sites (N-methyl/N-ethyl adjacent to an activating group) is 1. The average Bonchev–Trinajstić information content (AvgIpc) is 2.52. The van der Waals surface area contributed by atoms with Crippen LogP contribution in [0.5, 0.6) is 5.75 Å². The fourth-order valence-electron chi connectivity index (χ4n) is 2.88. The zero-order valence-corrected chi connectivity index (χ0v) is 13.7. The van der Waals surface area contributed by atoms with Crippen molar-refractivity contribution in [3.05, 3.63) is 29.3 Å². The summed E-state index contributed by atoms with van der Waals surface area (Å²) < 4.78 is 5.89. The molecule has 1 N–H and O–H groups in total. The summed E-state index contributed by atoms with van der Waals surface area (Å²) in [5.41, 5.74) is 0.413. The third kappa shape index (κ3) is 2.99. The van der Waals surface area contributed by atoms with Crippen LogP contribution in [0.2, 0.25) is 0 Å². The van der Waals surface area contributed by atoms with Gasteiger partial charge in [0, 0.05) is 19.0 Å². The Morgan fingerprint density at radius 2 is 2.13 bits per heavy atom. The van der Waals surface area contributed by atoms with Crippen molar-refractivity contribution in [1.82, 2.24) is 4.90 Å². The molecule has 1 heterocycles. The molecule has 2 unspecified atom stereocenters. The van der Waals surface area contributed by atoms with Crippen molar-refractivity contribution in [2.45, 2.75) is 44.9 Å². The molecule has 1 aromatic carbocycles. The molecule has 0 saturated heterocycles. The summed E-state index contributed by atoms with van der Waals surface area (Å²) in [5, 5.41) is 28.8. The fourth-order valence-corrected chi connectivity index (χ4v) is 2.88. The quantitative estimate of drug-likeness (QED) is 0.514. The highest BCUT2D eigenvalue weighted by Gasteiger charge is 2.45.